The summed E-state index contributed by atoms with van der Waals surface area (Å²) in [6, 6.07) is 16.1. The molecule has 11 heteroatoms. The number of hydrogen-bond acceptors (Lipinski definition) is 9. The van der Waals surface area contributed by atoms with E-state index in [0.717, 1.165) is 6.42 Å². The second kappa shape index (κ2) is 14.8. The zero-order chi connectivity index (χ0) is 28.9. The summed E-state index contributed by atoms with van der Waals surface area (Å²) in [5.41, 5.74) is 3.57. The van der Waals surface area contributed by atoms with Crippen LogP contribution in [0.25, 0.3) is 0 Å². The van der Waals surface area contributed by atoms with E-state index in [4.69, 9.17) is 23.7 Å². The van der Waals surface area contributed by atoms with Crippen LogP contribution in [0.2, 0.25) is 0 Å². The Morgan fingerprint density at radius 3 is 2.12 bits per heavy atom. The second-order valence-electron chi connectivity index (χ2n) is 8.22. The van der Waals surface area contributed by atoms with Gasteiger partial charge in [-0.25, -0.2) is 10.2 Å². The van der Waals surface area contributed by atoms with Crippen LogP contribution in [0.15, 0.2) is 65.8 Å². The molecule has 0 spiro atoms. The average molecular weight is 550 g/mol. The van der Waals surface area contributed by atoms with Crippen LogP contribution in [0.3, 0.4) is 0 Å². The fraction of sp³-hybridized carbons (Fsp3) is 0.241. The molecule has 0 aliphatic rings. The maximum atomic E-state index is 12.6. The lowest BCUT2D eigenvalue weighted by Crippen LogP contribution is -2.34. The van der Waals surface area contributed by atoms with Gasteiger partial charge >= 0.3 is 5.97 Å². The van der Waals surface area contributed by atoms with Gasteiger partial charge in [0.25, 0.3) is 11.8 Å². The molecule has 0 unspecified atom stereocenters. The third-order valence-corrected chi connectivity index (χ3v) is 5.41. The largest absolute Gasteiger partial charge is 0.494 e. The Bertz CT molecular complexity index is 1360. The lowest BCUT2D eigenvalue weighted by Gasteiger charge is -2.10. The molecule has 0 aromatic heterocycles. The standard InChI is InChI=1S/C29H31N3O8/c1-5-14-39-22-10-7-20(8-11-22)29(35)40-24-12-6-19(15-25(24)37-3)17-31-32-27(33)18-30-28(34)21-9-13-23(36-2)26(16-21)38-4/h6-13,15-17H,5,14,18H2,1-4H3,(H,30,34)(H,32,33). The third-order valence-electron chi connectivity index (χ3n) is 5.41. The van der Waals surface area contributed by atoms with Crippen LogP contribution in [-0.4, -0.2) is 58.5 Å². The minimum absolute atomic E-state index is 0.220. The molecular formula is C29H31N3O8. The van der Waals surface area contributed by atoms with Crippen molar-refractivity contribution in [1.82, 2.24) is 10.7 Å². The molecule has 0 radical (unpaired) electrons. The van der Waals surface area contributed by atoms with Crippen LogP contribution in [0.1, 0.15) is 39.6 Å². The van der Waals surface area contributed by atoms with E-state index in [9.17, 15) is 14.4 Å². The van der Waals surface area contributed by atoms with Gasteiger partial charge in [-0.1, -0.05) is 6.92 Å². The molecule has 3 aromatic rings. The first-order chi connectivity index (χ1) is 19.4. The highest BCUT2D eigenvalue weighted by atomic mass is 16.6. The number of nitrogens with zero attached hydrogens (tertiary/aromatic N) is 1. The Balaban J connectivity index is 1.52. The highest BCUT2D eigenvalue weighted by molar-refractivity contribution is 5.97. The van der Waals surface area contributed by atoms with Gasteiger partial charge in [-0.05, 0) is 72.6 Å². The van der Waals surface area contributed by atoms with E-state index >= 15 is 0 Å². The molecule has 0 heterocycles. The van der Waals surface area contributed by atoms with Crippen molar-refractivity contribution in [2.75, 3.05) is 34.5 Å². The molecule has 0 saturated heterocycles. The van der Waals surface area contributed by atoms with E-state index in [0.29, 0.717) is 46.3 Å². The lowest BCUT2D eigenvalue weighted by atomic mass is 10.2. The molecule has 3 rings (SSSR count). The molecule has 0 atom stereocenters. The molecule has 0 aliphatic heterocycles. The number of hydrazone groups is 1. The zero-order valence-electron chi connectivity index (χ0n) is 22.7. The molecule has 0 fully saturated rings. The first-order valence-electron chi connectivity index (χ1n) is 12.3. The number of nitrogens with one attached hydrogen (secondary N) is 2. The Morgan fingerprint density at radius 1 is 0.800 bits per heavy atom. The summed E-state index contributed by atoms with van der Waals surface area (Å²) in [5, 5.41) is 6.41. The normalized spacial score (nSPS) is 10.5. The smallest absolute Gasteiger partial charge is 0.343 e. The van der Waals surface area contributed by atoms with Gasteiger partial charge in [0, 0.05) is 5.56 Å². The predicted octanol–water partition coefficient (Wildman–Crippen LogP) is 3.60. The minimum Gasteiger partial charge on any atom is -0.494 e. The van der Waals surface area contributed by atoms with Gasteiger partial charge in [0.05, 0.1) is 46.3 Å². The van der Waals surface area contributed by atoms with Crippen LogP contribution < -0.4 is 34.4 Å². The van der Waals surface area contributed by atoms with Crippen molar-refractivity contribution < 1.29 is 38.1 Å². The van der Waals surface area contributed by atoms with Crippen LogP contribution in [0.5, 0.6) is 28.7 Å². The van der Waals surface area contributed by atoms with Crippen LogP contribution in [0.4, 0.5) is 0 Å². The molecule has 0 aliphatic carbocycles. The molecule has 210 valence electrons. The highest BCUT2D eigenvalue weighted by Gasteiger charge is 2.14. The summed E-state index contributed by atoms with van der Waals surface area (Å²) < 4.78 is 26.7. The Morgan fingerprint density at radius 2 is 1.45 bits per heavy atom. The van der Waals surface area contributed by atoms with Crippen molar-refractivity contribution in [2.45, 2.75) is 13.3 Å². The van der Waals surface area contributed by atoms with Gasteiger partial charge in [-0.3, -0.25) is 9.59 Å². The maximum absolute atomic E-state index is 12.6. The summed E-state index contributed by atoms with van der Waals surface area (Å²) in [6.45, 7) is 2.31. The van der Waals surface area contributed by atoms with Crippen molar-refractivity contribution in [3.63, 3.8) is 0 Å². The molecule has 0 bridgehead atoms. The number of amides is 2. The number of ether oxygens (including phenoxy) is 5. The number of benzene rings is 3. The van der Waals surface area contributed by atoms with E-state index in [1.54, 1.807) is 54.6 Å². The second-order valence-corrected chi connectivity index (χ2v) is 8.22. The summed E-state index contributed by atoms with van der Waals surface area (Å²) in [5.74, 6) is 0.524. The number of carbonyl (C=O) groups excluding carboxylic acids is 3. The minimum atomic E-state index is -0.552. The molecular weight excluding hydrogens is 518 g/mol. The first kappa shape index (κ1) is 29.5. The van der Waals surface area contributed by atoms with E-state index in [1.807, 2.05) is 6.92 Å². The van der Waals surface area contributed by atoms with Crippen molar-refractivity contribution in [3.8, 4) is 28.7 Å². The molecule has 40 heavy (non-hydrogen) atoms. The van der Waals surface area contributed by atoms with Gasteiger partial charge in [-0.15, -0.1) is 0 Å². The number of methoxy groups -OCH3 is 3. The van der Waals surface area contributed by atoms with Gasteiger partial charge in [0.15, 0.2) is 23.0 Å². The molecule has 11 nitrogen and oxygen atoms in total. The number of rotatable bonds is 13. The van der Waals surface area contributed by atoms with Crippen molar-refractivity contribution >= 4 is 24.0 Å². The molecule has 2 N–H and O–H groups in total. The Hall–Kier alpha value is -5.06. The van der Waals surface area contributed by atoms with E-state index in [-0.39, 0.29) is 12.3 Å². The SMILES string of the molecule is CCCOc1ccc(C(=O)Oc2ccc(C=NNC(=O)CNC(=O)c3ccc(OC)c(OC)c3)cc2OC)cc1. The van der Waals surface area contributed by atoms with Crippen LogP contribution in [0, 0.1) is 0 Å². The van der Waals surface area contributed by atoms with Crippen LogP contribution >= 0.6 is 0 Å². The number of carbonyl (C=O) groups is 3. The number of hydrogen-bond donors (Lipinski definition) is 2. The van der Waals surface area contributed by atoms with Crippen LogP contribution in [-0.2, 0) is 4.79 Å². The van der Waals surface area contributed by atoms with Crippen molar-refractivity contribution in [3.05, 3.63) is 77.4 Å². The maximum Gasteiger partial charge on any atom is 0.343 e. The van der Waals surface area contributed by atoms with Gasteiger partial charge in [0.2, 0.25) is 0 Å². The van der Waals surface area contributed by atoms with Crippen molar-refractivity contribution in [2.24, 2.45) is 5.10 Å². The zero-order valence-corrected chi connectivity index (χ0v) is 22.7. The fourth-order valence-electron chi connectivity index (χ4n) is 3.37. The Kier molecular flexibility index (Phi) is 10.9. The summed E-state index contributed by atoms with van der Waals surface area (Å²) >= 11 is 0. The third kappa shape index (κ3) is 8.22. The molecule has 3 aromatic carbocycles. The first-order valence-corrected chi connectivity index (χ1v) is 12.3. The summed E-state index contributed by atoms with van der Waals surface area (Å²) in [4.78, 5) is 37.0. The predicted molar refractivity (Wildman–Crippen MR) is 148 cm³/mol. The lowest BCUT2D eigenvalue weighted by molar-refractivity contribution is -0.120. The summed E-state index contributed by atoms with van der Waals surface area (Å²) in [7, 11) is 4.40. The topological polar surface area (TPSA) is 134 Å². The molecule has 0 saturated carbocycles. The summed E-state index contributed by atoms with van der Waals surface area (Å²) in [6.07, 6.45) is 2.27. The fourth-order valence-corrected chi connectivity index (χ4v) is 3.37. The monoisotopic (exact) mass is 549 g/mol. The average Bonchev–Trinajstić information content (AvgIpc) is 2.99. The van der Waals surface area contributed by atoms with Gasteiger partial charge in [-0.2, -0.15) is 5.10 Å². The Labute approximate surface area is 232 Å². The van der Waals surface area contributed by atoms with E-state index in [2.05, 4.69) is 15.8 Å². The van der Waals surface area contributed by atoms with Crippen molar-refractivity contribution in [1.29, 1.82) is 0 Å². The quantitative estimate of drug-likeness (QED) is 0.143. The molecule has 2 amide bonds. The number of esters is 1. The van der Waals surface area contributed by atoms with E-state index < -0.39 is 17.8 Å². The van der Waals surface area contributed by atoms with E-state index in [1.165, 1.54) is 33.6 Å². The highest BCUT2D eigenvalue weighted by Crippen LogP contribution is 2.29. The van der Waals surface area contributed by atoms with Gasteiger partial charge < -0.3 is 29.0 Å². The van der Waals surface area contributed by atoms with Gasteiger partial charge in [0.1, 0.15) is 5.75 Å².